The predicted octanol–water partition coefficient (Wildman–Crippen LogP) is -0.676. The molecule has 0 saturated carbocycles. The van der Waals surface area contributed by atoms with Crippen molar-refractivity contribution in [1.82, 2.24) is 10.6 Å². The van der Waals surface area contributed by atoms with Crippen LogP contribution >= 0.6 is 0 Å². The molecule has 0 bridgehead atoms. The summed E-state index contributed by atoms with van der Waals surface area (Å²) in [7, 11) is 0. The van der Waals surface area contributed by atoms with Crippen LogP contribution in [0.3, 0.4) is 0 Å². The van der Waals surface area contributed by atoms with Gasteiger partial charge in [0.2, 0.25) is 0 Å². The Hall–Kier alpha value is -0.560. The van der Waals surface area contributed by atoms with Crippen molar-refractivity contribution in [3.05, 3.63) is 0 Å². The third-order valence-electron chi connectivity index (χ3n) is 1.97. The Morgan fingerprint density at radius 1 is 1.50 bits per heavy atom. The molecule has 1 aliphatic rings. The van der Waals surface area contributed by atoms with Crippen molar-refractivity contribution in [2.24, 2.45) is 0 Å². The first-order valence-electron chi connectivity index (χ1n) is 4.44. The summed E-state index contributed by atoms with van der Waals surface area (Å²) >= 11 is 0. The first-order valence-corrected chi connectivity index (χ1v) is 4.44. The second-order valence-corrected chi connectivity index (χ2v) is 2.94. The lowest BCUT2D eigenvalue weighted by molar-refractivity contribution is 0.350. The molecule has 0 amide bonds. The van der Waals surface area contributed by atoms with Crippen LogP contribution in [-0.4, -0.2) is 37.4 Å². The molecular weight excluding hydrogens is 152 g/mol. The lowest BCUT2D eigenvalue weighted by Gasteiger charge is -2.08. The number of rotatable bonds is 3. The van der Waals surface area contributed by atoms with Gasteiger partial charge < -0.3 is 15.7 Å². The van der Waals surface area contributed by atoms with Gasteiger partial charge in [-0.2, -0.15) is 0 Å². The monoisotopic (exact) mass is 168 g/mol. The summed E-state index contributed by atoms with van der Waals surface area (Å²) in [6.07, 6.45) is 2.55. The van der Waals surface area contributed by atoms with E-state index in [-0.39, 0.29) is 6.61 Å². The van der Waals surface area contributed by atoms with E-state index in [4.69, 9.17) is 5.11 Å². The summed E-state index contributed by atoms with van der Waals surface area (Å²) in [5, 5.41) is 15.0. The fraction of sp³-hybridized carbons (Fsp3) is 0.778. The molecule has 1 rings (SSSR count). The molecule has 0 unspecified atom stereocenters. The summed E-state index contributed by atoms with van der Waals surface area (Å²) in [5.41, 5.74) is 0. The molecule has 3 heteroatoms. The number of nitrogens with one attached hydrogen (secondary N) is 2. The van der Waals surface area contributed by atoms with Crippen LogP contribution < -0.4 is 10.6 Å². The van der Waals surface area contributed by atoms with Gasteiger partial charge >= 0.3 is 0 Å². The zero-order valence-electron chi connectivity index (χ0n) is 7.27. The summed E-state index contributed by atoms with van der Waals surface area (Å²) in [5.74, 6) is 5.42. The van der Waals surface area contributed by atoms with Crippen LogP contribution in [0.25, 0.3) is 0 Å². The topological polar surface area (TPSA) is 44.3 Å². The van der Waals surface area contributed by atoms with Crippen LogP contribution in [-0.2, 0) is 0 Å². The Morgan fingerprint density at radius 3 is 3.08 bits per heavy atom. The van der Waals surface area contributed by atoms with Crippen molar-refractivity contribution in [2.45, 2.75) is 18.9 Å². The quantitative estimate of drug-likeness (QED) is 0.386. The van der Waals surface area contributed by atoms with E-state index in [1.165, 1.54) is 12.8 Å². The third kappa shape index (κ3) is 3.72. The fourth-order valence-electron chi connectivity index (χ4n) is 1.36. The highest BCUT2D eigenvalue weighted by Crippen LogP contribution is 2.02. The number of hydrogen-bond acceptors (Lipinski definition) is 3. The summed E-state index contributed by atoms with van der Waals surface area (Å²) in [6.45, 7) is 2.77. The molecule has 3 N–H and O–H groups in total. The molecule has 68 valence electrons. The van der Waals surface area contributed by atoms with Gasteiger partial charge in [0.1, 0.15) is 6.61 Å². The van der Waals surface area contributed by atoms with Crippen LogP contribution in [0.15, 0.2) is 0 Å². The SMILES string of the molecule is OCC#CCNC[C@@H]1CCCN1. The van der Waals surface area contributed by atoms with Crippen LogP contribution in [0.4, 0.5) is 0 Å². The van der Waals surface area contributed by atoms with Gasteiger partial charge in [-0.25, -0.2) is 0 Å². The Kier molecular flexibility index (Phi) is 4.77. The molecule has 0 spiro atoms. The van der Waals surface area contributed by atoms with E-state index in [9.17, 15) is 0 Å². The molecular formula is C9H16N2O. The van der Waals surface area contributed by atoms with Crippen molar-refractivity contribution in [1.29, 1.82) is 0 Å². The van der Waals surface area contributed by atoms with Gasteiger partial charge in [0.25, 0.3) is 0 Å². The second kappa shape index (κ2) is 6.01. The maximum atomic E-state index is 8.36. The Morgan fingerprint density at radius 2 is 2.42 bits per heavy atom. The lowest BCUT2D eigenvalue weighted by Crippen LogP contribution is -2.33. The van der Waals surface area contributed by atoms with E-state index in [1.54, 1.807) is 0 Å². The molecule has 3 nitrogen and oxygen atoms in total. The Balaban J connectivity index is 1.94. The van der Waals surface area contributed by atoms with Gasteiger partial charge in [-0.3, -0.25) is 0 Å². The highest BCUT2D eigenvalue weighted by molar-refractivity contribution is 5.00. The molecule has 1 atom stereocenters. The van der Waals surface area contributed by atoms with Crippen molar-refractivity contribution in [3.8, 4) is 11.8 Å². The average molecular weight is 168 g/mol. The van der Waals surface area contributed by atoms with E-state index in [1.807, 2.05) is 0 Å². The van der Waals surface area contributed by atoms with E-state index < -0.39 is 0 Å². The average Bonchev–Trinajstić information content (AvgIpc) is 2.57. The number of aliphatic hydroxyl groups excluding tert-OH is 1. The number of hydrogen-bond donors (Lipinski definition) is 3. The first-order chi connectivity index (χ1) is 5.93. The van der Waals surface area contributed by atoms with Crippen molar-refractivity contribution >= 4 is 0 Å². The molecule has 1 saturated heterocycles. The summed E-state index contributed by atoms with van der Waals surface area (Å²) < 4.78 is 0. The number of aliphatic hydroxyl groups is 1. The van der Waals surface area contributed by atoms with Crippen LogP contribution in [0, 0.1) is 11.8 Å². The summed E-state index contributed by atoms with van der Waals surface area (Å²) in [6, 6.07) is 0.626. The van der Waals surface area contributed by atoms with Crippen molar-refractivity contribution in [3.63, 3.8) is 0 Å². The van der Waals surface area contributed by atoms with Gasteiger partial charge in [-0.1, -0.05) is 11.8 Å². The first kappa shape index (κ1) is 9.53. The normalized spacial score (nSPS) is 21.9. The highest BCUT2D eigenvalue weighted by Gasteiger charge is 2.11. The minimum atomic E-state index is -0.0383. The van der Waals surface area contributed by atoms with Crippen LogP contribution in [0.5, 0.6) is 0 Å². The second-order valence-electron chi connectivity index (χ2n) is 2.94. The summed E-state index contributed by atoms with van der Waals surface area (Å²) in [4.78, 5) is 0. The molecule has 0 aromatic heterocycles. The lowest BCUT2D eigenvalue weighted by atomic mass is 10.2. The standard InChI is InChI=1S/C9H16N2O/c12-7-2-1-5-10-8-9-4-3-6-11-9/h9-12H,3-8H2/t9-/m0/s1. The maximum absolute atomic E-state index is 8.36. The van der Waals surface area contributed by atoms with Gasteiger partial charge in [-0.05, 0) is 19.4 Å². The molecule has 0 aromatic carbocycles. The molecule has 1 aliphatic heterocycles. The zero-order valence-corrected chi connectivity index (χ0v) is 7.27. The maximum Gasteiger partial charge on any atom is 0.104 e. The predicted molar refractivity (Wildman–Crippen MR) is 48.8 cm³/mol. The molecule has 0 aliphatic carbocycles. The Bertz CT molecular complexity index is 165. The van der Waals surface area contributed by atoms with Gasteiger partial charge in [0, 0.05) is 12.6 Å². The highest BCUT2D eigenvalue weighted by atomic mass is 16.2. The molecule has 0 radical (unpaired) electrons. The Labute approximate surface area is 73.5 Å². The van der Waals surface area contributed by atoms with Crippen molar-refractivity contribution in [2.75, 3.05) is 26.2 Å². The smallest absolute Gasteiger partial charge is 0.104 e. The van der Waals surface area contributed by atoms with E-state index in [2.05, 4.69) is 22.5 Å². The fourth-order valence-corrected chi connectivity index (χ4v) is 1.36. The largest absolute Gasteiger partial charge is 0.384 e. The minimum absolute atomic E-state index is 0.0383. The molecule has 1 fully saturated rings. The van der Waals surface area contributed by atoms with Gasteiger partial charge in [0.05, 0.1) is 6.54 Å². The molecule has 0 aromatic rings. The van der Waals surface area contributed by atoms with Crippen LogP contribution in [0.1, 0.15) is 12.8 Å². The molecule has 12 heavy (non-hydrogen) atoms. The van der Waals surface area contributed by atoms with Gasteiger partial charge in [-0.15, -0.1) is 0 Å². The van der Waals surface area contributed by atoms with E-state index >= 15 is 0 Å². The van der Waals surface area contributed by atoms with Gasteiger partial charge in [0.15, 0.2) is 0 Å². The van der Waals surface area contributed by atoms with Crippen molar-refractivity contribution < 1.29 is 5.11 Å². The van der Waals surface area contributed by atoms with E-state index in [0.717, 1.165) is 13.1 Å². The third-order valence-corrected chi connectivity index (χ3v) is 1.97. The molecule has 1 heterocycles. The van der Waals surface area contributed by atoms with Crippen LogP contribution in [0.2, 0.25) is 0 Å². The minimum Gasteiger partial charge on any atom is -0.384 e. The zero-order chi connectivity index (χ0) is 8.65. The van der Waals surface area contributed by atoms with E-state index in [0.29, 0.717) is 12.6 Å².